The van der Waals surface area contributed by atoms with Crippen LogP contribution in [0.25, 0.3) is 0 Å². The third-order valence-electron chi connectivity index (χ3n) is 3.01. The molecule has 0 aromatic carbocycles. The van der Waals surface area contributed by atoms with E-state index in [1.165, 1.54) is 29.8 Å². The molecule has 0 fully saturated rings. The van der Waals surface area contributed by atoms with Gasteiger partial charge < -0.3 is 0 Å². The second kappa shape index (κ2) is 6.85. The molecular formula is C12H15Br2NO2S2. The van der Waals surface area contributed by atoms with Crippen LogP contribution in [0.15, 0.2) is 30.2 Å². The maximum atomic E-state index is 12.1. The topological polar surface area (TPSA) is 46.2 Å². The Kier molecular flexibility index (Phi) is 5.65. The summed E-state index contributed by atoms with van der Waals surface area (Å²) in [6, 6.07) is 1.62. The van der Waals surface area contributed by atoms with Gasteiger partial charge in [0.05, 0.1) is 3.79 Å². The number of allylic oxidation sites excluding steroid dienone is 1. The fraction of sp³-hybridized carbons (Fsp3) is 0.500. The lowest BCUT2D eigenvalue weighted by atomic mass is 9.97. The van der Waals surface area contributed by atoms with Gasteiger partial charge in [-0.2, -0.15) is 0 Å². The Morgan fingerprint density at radius 1 is 1.32 bits per heavy atom. The Morgan fingerprint density at radius 2 is 2.11 bits per heavy atom. The monoisotopic (exact) mass is 427 g/mol. The lowest BCUT2D eigenvalue weighted by Crippen LogP contribution is -2.24. The van der Waals surface area contributed by atoms with Crippen molar-refractivity contribution in [3.8, 4) is 0 Å². The second-order valence-electron chi connectivity index (χ2n) is 4.44. The molecule has 2 rings (SSSR count). The Morgan fingerprint density at radius 3 is 2.68 bits per heavy atom. The van der Waals surface area contributed by atoms with Crippen LogP contribution >= 0.6 is 43.2 Å². The van der Waals surface area contributed by atoms with Crippen molar-refractivity contribution in [2.75, 3.05) is 6.54 Å². The maximum absolute atomic E-state index is 12.1. The van der Waals surface area contributed by atoms with Gasteiger partial charge in [-0.05, 0) is 70.0 Å². The molecule has 1 aromatic heterocycles. The molecule has 0 amide bonds. The minimum absolute atomic E-state index is 0.337. The highest BCUT2D eigenvalue weighted by Crippen LogP contribution is 2.34. The SMILES string of the molecule is O=S(=O)(NCCC1=CCCCC1)c1cc(Br)c(Br)s1. The van der Waals surface area contributed by atoms with E-state index in [1.807, 2.05) is 0 Å². The number of hydrogen-bond donors (Lipinski definition) is 1. The molecule has 1 aliphatic rings. The molecule has 1 heterocycles. The summed E-state index contributed by atoms with van der Waals surface area (Å²) in [4.78, 5) is 0. The summed E-state index contributed by atoms with van der Waals surface area (Å²) in [5.41, 5.74) is 1.38. The van der Waals surface area contributed by atoms with Gasteiger partial charge in [0.15, 0.2) is 0 Å². The van der Waals surface area contributed by atoms with E-state index < -0.39 is 10.0 Å². The summed E-state index contributed by atoms with van der Waals surface area (Å²) >= 11 is 7.82. The van der Waals surface area contributed by atoms with Crippen LogP contribution in [0, 0.1) is 0 Å². The smallest absolute Gasteiger partial charge is 0.210 e. The lowest BCUT2D eigenvalue weighted by molar-refractivity contribution is 0.581. The highest BCUT2D eigenvalue weighted by molar-refractivity contribution is 9.13. The van der Waals surface area contributed by atoms with Gasteiger partial charge in [-0.25, -0.2) is 13.1 Å². The summed E-state index contributed by atoms with van der Waals surface area (Å²) < 4.78 is 28.7. The Bertz CT molecular complexity index is 559. The van der Waals surface area contributed by atoms with Gasteiger partial charge in [-0.1, -0.05) is 11.6 Å². The van der Waals surface area contributed by atoms with E-state index in [1.54, 1.807) is 6.07 Å². The summed E-state index contributed by atoms with van der Waals surface area (Å²) in [6.07, 6.45) is 7.78. The van der Waals surface area contributed by atoms with Crippen LogP contribution in [0.2, 0.25) is 0 Å². The van der Waals surface area contributed by atoms with Crippen molar-refractivity contribution in [2.45, 2.75) is 36.3 Å². The third-order valence-corrected chi connectivity index (χ3v) is 8.20. The largest absolute Gasteiger partial charge is 0.250 e. The van der Waals surface area contributed by atoms with E-state index in [0.29, 0.717) is 10.8 Å². The molecule has 0 unspecified atom stereocenters. The van der Waals surface area contributed by atoms with Crippen molar-refractivity contribution in [1.29, 1.82) is 0 Å². The molecule has 1 aromatic rings. The third kappa shape index (κ3) is 4.39. The van der Waals surface area contributed by atoms with Gasteiger partial charge in [0, 0.05) is 11.0 Å². The first-order valence-electron chi connectivity index (χ1n) is 6.11. The van der Waals surface area contributed by atoms with Gasteiger partial charge in [0.2, 0.25) is 10.0 Å². The molecule has 7 heteroatoms. The zero-order valence-electron chi connectivity index (χ0n) is 10.3. The van der Waals surface area contributed by atoms with Crippen LogP contribution < -0.4 is 4.72 Å². The number of sulfonamides is 1. The zero-order chi connectivity index (χ0) is 13.9. The minimum Gasteiger partial charge on any atom is -0.210 e. The molecule has 106 valence electrons. The van der Waals surface area contributed by atoms with E-state index >= 15 is 0 Å². The fourth-order valence-corrected chi connectivity index (χ4v) is 5.90. The standard InChI is InChI=1S/C12H15Br2NO2S2/c13-10-8-11(18-12(10)14)19(16,17)15-7-6-9-4-2-1-3-5-9/h4,8,15H,1-3,5-7H2. The first-order valence-corrected chi connectivity index (χ1v) is 10.00. The van der Waals surface area contributed by atoms with E-state index in [4.69, 9.17) is 0 Å². The summed E-state index contributed by atoms with van der Waals surface area (Å²) in [7, 11) is -3.38. The van der Waals surface area contributed by atoms with Crippen molar-refractivity contribution >= 4 is 53.2 Å². The Hall–Kier alpha value is 0.310. The van der Waals surface area contributed by atoms with Gasteiger partial charge in [-0.15, -0.1) is 11.3 Å². The zero-order valence-corrected chi connectivity index (χ0v) is 15.1. The predicted molar refractivity (Wildman–Crippen MR) is 86.1 cm³/mol. The van der Waals surface area contributed by atoms with Crippen LogP contribution in [-0.2, 0) is 10.0 Å². The Balaban J connectivity index is 1.92. The molecule has 1 N–H and O–H groups in total. The number of halogens is 2. The molecule has 0 saturated heterocycles. The molecule has 3 nitrogen and oxygen atoms in total. The summed E-state index contributed by atoms with van der Waals surface area (Å²) in [5.74, 6) is 0. The molecule has 1 aliphatic carbocycles. The summed E-state index contributed by atoms with van der Waals surface area (Å²) in [6.45, 7) is 0.474. The molecule has 0 atom stereocenters. The molecule has 0 saturated carbocycles. The van der Waals surface area contributed by atoms with Crippen LogP contribution in [0.3, 0.4) is 0 Å². The van der Waals surface area contributed by atoms with E-state index in [0.717, 1.165) is 27.5 Å². The van der Waals surface area contributed by atoms with E-state index in [9.17, 15) is 8.42 Å². The number of hydrogen-bond acceptors (Lipinski definition) is 3. The van der Waals surface area contributed by atoms with Crippen molar-refractivity contribution in [3.05, 3.63) is 26.0 Å². The highest BCUT2D eigenvalue weighted by atomic mass is 79.9. The second-order valence-corrected chi connectivity index (χ2v) is 9.66. The van der Waals surface area contributed by atoms with Gasteiger partial charge in [0.1, 0.15) is 4.21 Å². The van der Waals surface area contributed by atoms with Gasteiger partial charge in [-0.3, -0.25) is 0 Å². The Labute approximate surface area is 134 Å². The lowest BCUT2D eigenvalue weighted by Gasteiger charge is -2.12. The molecule has 0 aliphatic heterocycles. The van der Waals surface area contributed by atoms with Crippen LogP contribution in [0.1, 0.15) is 32.1 Å². The first kappa shape index (κ1) is 15.7. The highest BCUT2D eigenvalue weighted by Gasteiger charge is 2.18. The van der Waals surface area contributed by atoms with Crippen molar-refractivity contribution < 1.29 is 8.42 Å². The summed E-state index contributed by atoms with van der Waals surface area (Å²) in [5, 5.41) is 0. The molecule has 19 heavy (non-hydrogen) atoms. The number of thiophene rings is 1. The van der Waals surface area contributed by atoms with E-state index in [2.05, 4.69) is 42.7 Å². The molecule has 0 spiro atoms. The van der Waals surface area contributed by atoms with Crippen LogP contribution in [0.4, 0.5) is 0 Å². The average Bonchev–Trinajstić information content (AvgIpc) is 2.72. The van der Waals surface area contributed by atoms with Crippen molar-refractivity contribution in [1.82, 2.24) is 4.72 Å². The predicted octanol–water partition coefficient (Wildman–Crippen LogP) is 4.44. The maximum Gasteiger partial charge on any atom is 0.250 e. The minimum atomic E-state index is -3.38. The first-order chi connectivity index (χ1) is 8.99. The van der Waals surface area contributed by atoms with Crippen molar-refractivity contribution in [2.24, 2.45) is 0 Å². The molecular weight excluding hydrogens is 414 g/mol. The normalized spacial score (nSPS) is 16.4. The van der Waals surface area contributed by atoms with E-state index in [-0.39, 0.29) is 0 Å². The number of nitrogens with one attached hydrogen (secondary N) is 1. The van der Waals surface area contributed by atoms with Gasteiger partial charge in [0.25, 0.3) is 0 Å². The number of rotatable bonds is 5. The average molecular weight is 429 g/mol. The van der Waals surface area contributed by atoms with Crippen LogP contribution in [0.5, 0.6) is 0 Å². The van der Waals surface area contributed by atoms with Gasteiger partial charge >= 0.3 is 0 Å². The molecule has 0 radical (unpaired) electrons. The fourth-order valence-electron chi connectivity index (χ4n) is 2.01. The van der Waals surface area contributed by atoms with Crippen molar-refractivity contribution in [3.63, 3.8) is 0 Å². The van der Waals surface area contributed by atoms with Crippen LogP contribution in [-0.4, -0.2) is 15.0 Å². The quantitative estimate of drug-likeness (QED) is 0.704. The molecule has 0 bridgehead atoms.